The lowest BCUT2D eigenvalue weighted by Crippen LogP contribution is -2.24. The zero-order valence-electron chi connectivity index (χ0n) is 13.1. The van der Waals surface area contributed by atoms with Crippen LogP contribution < -0.4 is 0 Å². The van der Waals surface area contributed by atoms with Gasteiger partial charge in [0.1, 0.15) is 23.4 Å². The van der Waals surface area contributed by atoms with E-state index in [9.17, 15) is 19.4 Å². The van der Waals surface area contributed by atoms with E-state index >= 15 is 0 Å². The largest absolute Gasteiger partial charge is 0.508 e. The van der Waals surface area contributed by atoms with E-state index in [2.05, 4.69) is 0 Å². The summed E-state index contributed by atoms with van der Waals surface area (Å²) in [5.41, 5.74) is 1.16. The topological polar surface area (TPSA) is 66.8 Å². The highest BCUT2D eigenvalue weighted by atomic mass is 19.1. The van der Waals surface area contributed by atoms with Crippen molar-refractivity contribution in [3.63, 3.8) is 0 Å². The highest BCUT2D eigenvalue weighted by Gasteiger charge is 2.26. The van der Waals surface area contributed by atoms with Crippen LogP contribution in [-0.2, 0) is 4.74 Å². The minimum absolute atomic E-state index is 0.0400. The molecule has 24 heavy (non-hydrogen) atoms. The minimum atomic E-state index is -0.439. The average Bonchev–Trinajstić information content (AvgIpc) is 2.56. The number of phenolic OH excluding ortho intramolecular Hbond substituents is 2. The summed E-state index contributed by atoms with van der Waals surface area (Å²) in [4.78, 5) is 12.1. The minimum Gasteiger partial charge on any atom is -0.508 e. The van der Waals surface area contributed by atoms with Crippen LogP contribution in [0.15, 0.2) is 42.5 Å². The average molecular weight is 330 g/mol. The first-order valence-corrected chi connectivity index (χ1v) is 8.01. The second-order valence-corrected chi connectivity index (χ2v) is 6.13. The van der Waals surface area contributed by atoms with Crippen LogP contribution in [0.2, 0.25) is 0 Å². The number of phenols is 2. The molecule has 0 atom stereocenters. The molecule has 0 bridgehead atoms. The van der Waals surface area contributed by atoms with Crippen molar-refractivity contribution < 1.29 is 24.1 Å². The van der Waals surface area contributed by atoms with Gasteiger partial charge in [-0.1, -0.05) is 6.07 Å². The van der Waals surface area contributed by atoms with Gasteiger partial charge in [-0.15, -0.1) is 0 Å². The van der Waals surface area contributed by atoms with E-state index in [1.54, 1.807) is 12.1 Å². The summed E-state index contributed by atoms with van der Waals surface area (Å²) in [5, 5.41) is 19.3. The smallest absolute Gasteiger partial charge is 0.338 e. The molecule has 2 aromatic rings. The number of aromatic hydroxyl groups is 2. The van der Waals surface area contributed by atoms with E-state index in [4.69, 9.17) is 4.74 Å². The molecule has 1 aliphatic carbocycles. The predicted molar refractivity (Wildman–Crippen MR) is 86.6 cm³/mol. The number of hydrogen-bond acceptors (Lipinski definition) is 4. The molecule has 3 rings (SSSR count). The molecule has 2 N–H and O–H groups in total. The predicted octanol–water partition coefficient (Wildman–Crippen LogP) is 4.12. The molecule has 0 heterocycles. The summed E-state index contributed by atoms with van der Waals surface area (Å²) in [7, 11) is 0. The molecule has 0 amide bonds. The fourth-order valence-corrected chi connectivity index (χ4v) is 3.17. The molecule has 1 fully saturated rings. The first-order valence-electron chi connectivity index (χ1n) is 8.01. The summed E-state index contributed by atoms with van der Waals surface area (Å²) >= 11 is 0. The molecule has 126 valence electrons. The number of benzene rings is 2. The van der Waals surface area contributed by atoms with E-state index in [0.29, 0.717) is 18.4 Å². The molecule has 0 unspecified atom stereocenters. The monoisotopic (exact) mass is 330 g/mol. The normalized spacial score (nSPS) is 20.5. The Kier molecular flexibility index (Phi) is 4.69. The second-order valence-electron chi connectivity index (χ2n) is 6.13. The van der Waals surface area contributed by atoms with Gasteiger partial charge in [-0.3, -0.25) is 0 Å². The fourth-order valence-electron chi connectivity index (χ4n) is 3.17. The van der Waals surface area contributed by atoms with Crippen LogP contribution >= 0.6 is 0 Å². The first kappa shape index (κ1) is 16.3. The maximum Gasteiger partial charge on any atom is 0.338 e. The number of carbonyl (C=O) groups is 1. The van der Waals surface area contributed by atoms with E-state index in [0.717, 1.165) is 18.4 Å². The second kappa shape index (κ2) is 6.91. The molecule has 4 nitrogen and oxygen atoms in total. The van der Waals surface area contributed by atoms with Crippen LogP contribution in [0.5, 0.6) is 11.5 Å². The molecule has 0 aliphatic heterocycles. The number of hydrogen-bond donors (Lipinski definition) is 2. The van der Waals surface area contributed by atoms with Gasteiger partial charge in [-0.05, 0) is 67.5 Å². The Bertz CT molecular complexity index is 719. The molecule has 1 saturated carbocycles. The van der Waals surface area contributed by atoms with Crippen molar-refractivity contribution in [3.05, 3.63) is 59.4 Å². The summed E-state index contributed by atoms with van der Waals surface area (Å²) in [6.07, 6.45) is 2.83. The van der Waals surface area contributed by atoms with E-state index in [-0.39, 0.29) is 29.3 Å². The Balaban J connectivity index is 1.57. The zero-order valence-corrected chi connectivity index (χ0v) is 13.1. The van der Waals surface area contributed by atoms with E-state index < -0.39 is 5.97 Å². The van der Waals surface area contributed by atoms with Crippen molar-refractivity contribution in [2.75, 3.05) is 0 Å². The highest BCUT2D eigenvalue weighted by Crippen LogP contribution is 2.39. The van der Waals surface area contributed by atoms with Gasteiger partial charge < -0.3 is 14.9 Å². The third-order valence-corrected chi connectivity index (χ3v) is 4.48. The van der Waals surface area contributed by atoms with Gasteiger partial charge in [0.15, 0.2) is 0 Å². The number of carbonyl (C=O) groups excluding carboxylic acids is 1. The standard InChI is InChI=1S/C19H19FO4/c20-14-5-1-13(2-6-14)19(23)24-16-8-3-12(4-9-16)17-10-7-15(21)11-18(17)22/h1-2,5-7,10-12,16,21-22H,3-4,8-9H2/t12-,16-. The maximum absolute atomic E-state index is 12.9. The number of rotatable bonds is 3. The molecule has 0 radical (unpaired) electrons. The van der Waals surface area contributed by atoms with Gasteiger partial charge in [0, 0.05) is 6.07 Å². The molecular formula is C19H19FO4. The van der Waals surface area contributed by atoms with Crippen LogP contribution in [0, 0.1) is 5.82 Å². The summed E-state index contributed by atoms with van der Waals surface area (Å²) in [6, 6.07) is 9.95. The van der Waals surface area contributed by atoms with Gasteiger partial charge in [0.25, 0.3) is 0 Å². The molecule has 2 aromatic carbocycles. The van der Waals surface area contributed by atoms with Crippen LogP contribution in [0.25, 0.3) is 0 Å². The zero-order chi connectivity index (χ0) is 17.1. The summed E-state index contributed by atoms with van der Waals surface area (Å²) in [5.74, 6) is -0.502. The Labute approximate surface area is 139 Å². The molecular weight excluding hydrogens is 311 g/mol. The molecule has 0 saturated heterocycles. The summed E-state index contributed by atoms with van der Waals surface area (Å²) < 4.78 is 18.4. The van der Waals surface area contributed by atoms with E-state index in [1.165, 1.54) is 30.3 Å². The maximum atomic E-state index is 12.9. The highest BCUT2D eigenvalue weighted by molar-refractivity contribution is 5.89. The quantitative estimate of drug-likeness (QED) is 0.831. The molecule has 0 aromatic heterocycles. The van der Waals surface area contributed by atoms with Crippen LogP contribution in [-0.4, -0.2) is 22.3 Å². The Morgan fingerprint density at radius 2 is 1.67 bits per heavy atom. The Hall–Kier alpha value is -2.56. The van der Waals surface area contributed by atoms with Crippen LogP contribution in [0.1, 0.15) is 47.5 Å². The Morgan fingerprint density at radius 1 is 1.00 bits per heavy atom. The third kappa shape index (κ3) is 3.67. The van der Waals surface area contributed by atoms with Crippen molar-refractivity contribution in [2.24, 2.45) is 0 Å². The van der Waals surface area contributed by atoms with Crippen molar-refractivity contribution in [1.29, 1.82) is 0 Å². The van der Waals surface area contributed by atoms with E-state index in [1.807, 2.05) is 0 Å². The van der Waals surface area contributed by atoms with Gasteiger partial charge in [0.05, 0.1) is 5.56 Å². The molecule has 5 heteroatoms. The van der Waals surface area contributed by atoms with Crippen molar-refractivity contribution >= 4 is 5.97 Å². The lowest BCUT2D eigenvalue weighted by atomic mass is 9.82. The van der Waals surface area contributed by atoms with Gasteiger partial charge >= 0.3 is 5.97 Å². The van der Waals surface area contributed by atoms with Crippen molar-refractivity contribution in [1.82, 2.24) is 0 Å². The molecule has 1 aliphatic rings. The lowest BCUT2D eigenvalue weighted by molar-refractivity contribution is 0.0194. The number of ether oxygens (including phenoxy) is 1. The van der Waals surface area contributed by atoms with Gasteiger partial charge in [-0.2, -0.15) is 0 Å². The van der Waals surface area contributed by atoms with Gasteiger partial charge in [0.2, 0.25) is 0 Å². The van der Waals surface area contributed by atoms with Crippen molar-refractivity contribution in [3.8, 4) is 11.5 Å². The van der Waals surface area contributed by atoms with Crippen LogP contribution in [0.4, 0.5) is 4.39 Å². The lowest BCUT2D eigenvalue weighted by Gasteiger charge is -2.29. The first-order chi connectivity index (χ1) is 11.5. The third-order valence-electron chi connectivity index (χ3n) is 4.48. The van der Waals surface area contributed by atoms with Crippen molar-refractivity contribution in [2.45, 2.75) is 37.7 Å². The molecule has 0 spiro atoms. The number of halogens is 1. The van der Waals surface area contributed by atoms with Gasteiger partial charge in [-0.25, -0.2) is 9.18 Å². The fraction of sp³-hybridized carbons (Fsp3) is 0.316. The Morgan fingerprint density at radius 3 is 2.29 bits per heavy atom. The van der Waals surface area contributed by atoms with Crippen LogP contribution in [0.3, 0.4) is 0 Å². The SMILES string of the molecule is O=C(O[C@H]1CC[C@H](c2ccc(O)cc2O)CC1)c1ccc(F)cc1. The number of esters is 1. The summed E-state index contributed by atoms with van der Waals surface area (Å²) in [6.45, 7) is 0.